The predicted octanol–water partition coefficient (Wildman–Crippen LogP) is 3.18. The quantitative estimate of drug-likeness (QED) is 0.546. The molecule has 2 heteroatoms. The van der Waals surface area contributed by atoms with Gasteiger partial charge in [0.05, 0.1) is 10.0 Å². The van der Waals surface area contributed by atoms with Gasteiger partial charge >= 0.3 is 0 Å². The van der Waals surface area contributed by atoms with Crippen LogP contribution in [0.15, 0.2) is 18.2 Å². The fourth-order valence-electron chi connectivity index (χ4n) is 0.540. The van der Waals surface area contributed by atoms with Crippen molar-refractivity contribution in [2.75, 3.05) is 0 Å². The third-order valence-corrected chi connectivity index (χ3v) is 1.72. The fourth-order valence-corrected chi connectivity index (χ4v) is 0.860. The van der Waals surface area contributed by atoms with Crippen molar-refractivity contribution >= 4 is 23.2 Å². The second kappa shape index (κ2) is 2.59. The highest BCUT2D eigenvalue weighted by Crippen LogP contribution is 2.21. The molecular weight excluding hydrogens is 155 g/mol. The highest BCUT2D eigenvalue weighted by atomic mass is 35.5. The molecule has 0 saturated heterocycles. The SMILES string of the molecule is [CH2]c1ccc(Cl)c(Cl)c1. The molecule has 0 aliphatic rings. The molecule has 0 aliphatic carbocycles. The van der Waals surface area contributed by atoms with Crippen molar-refractivity contribution in [2.45, 2.75) is 0 Å². The standard InChI is InChI=1S/C7H5Cl2/c1-5-2-3-6(8)7(9)4-5/h2-4H,1H2. The van der Waals surface area contributed by atoms with Crippen LogP contribution in [0.1, 0.15) is 5.56 Å². The molecule has 0 N–H and O–H groups in total. The second-order valence-electron chi connectivity index (χ2n) is 1.75. The van der Waals surface area contributed by atoms with Gasteiger partial charge in [0.1, 0.15) is 0 Å². The lowest BCUT2D eigenvalue weighted by molar-refractivity contribution is 1.61. The highest BCUT2D eigenvalue weighted by Gasteiger charge is 1.93. The van der Waals surface area contributed by atoms with E-state index in [-0.39, 0.29) is 0 Å². The minimum absolute atomic E-state index is 0.559. The molecule has 1 aromatic rings. The fraction of sp³-hybridized carbons (Fsp3) is 0. The van der Waals surface area contributed by atoms with Gasteiger partial charge in [0.2, 0.25) is 0 Å². The molecule has 1 radical (unpaired) electrons. The molecule has 0 fully saturated rings. The zero-order chi connectivity index (χ0) is 6.85. The summed E-state index contributed by atoms with van der Waals surface area (Å²) in [6.45, 7) is 3.68. The molecular formula is C7H5Cl2. The van der Waals surface area contributed by atoms with Crippen LogP contribution in [0.5, 0.6) is 0 Å². The van der Waals surface area contributed by atoms with Crippen molar-refractivity contribution in [2.24, 2.45) is 0 Å². The third kappa shape index (κ3) is 1.60. The Morgan fingerprint density at radius 2 is 1.78 bits per heavy atom. The monoisotopic (exact) mass is 159 g/mol. The van der Waals surface area contributed by atoms with Crippen LogP contribution in [-0.2, 0) is 0 Å². The first-order chi connectivity index (χ1) is 4.20. The summed E-state index contributed by atoms with van der Waals surface area (Å²) in [6.07, 6.45) is 0. The van der Waals surface area contributed by atoms with E-state index in [2.05, 4.69) is 6.92 Å². The van der Waals surface area contributed by atoms with Crippen LogP contribution in [0.2, 0.25) is 10.0 Å². The Labute approximate surface area is 64.4 Å². The van der Waals surface area contributed by atoms with Crippen LogP contribution in [0.3, 0.4) is 0 Å². The van der Waals surface area contributed by atoms with Crippen LogP contribution in [0, 0.1) is 6.92 Å². The molecule has 0 aromatic heterocycles. The van der Waals surface area contributed by atoms with Gasteiger partial charge in [-0.3, -0.25) is 0 Å². The summed E-state index contributed by atoms with van der Waals surface area (Å²) in [5, 5.41) is 1.13. The summed E-state index contributed by atoms with van der Waals surface area (Å²) in [5.41, 5.74) is 0.879. The van der Waals surface area contributed by atoms with Gasteiger partial charge in [0.25, 0.3) is 0 Å². The molecule has 0 unspecified atom stereocenters. The van der Waals surface area contributed by atoms with E-state index in [9.17, 15) is 0 Å². The largest absolute Gasteiger partial charge is 0.0827 e. The minimum Gasteiger partial charge on any atom is -0.0827 e. The Morgan fingerprint density at radius 1 is 1.11 bits per heavy atom. The average molecular weight is 160 g/mol. The average Bonchev–Trinajstić information content (AvgIpc) is 1.80. The van der Waals surface area contributed by atoms with Crippen molar-refractivity contribution in [1.82, 2.24) is 0 Å². The van der Waals surface area contributed by atoms with E-state index < -0.39 is 0 Å². The number of rotatable bonds is 0. The molecule has 1 rings (SSSR count). The highest BCUT2D eigenvalue weighted by molar-refractivity contribution is 6.42. The molecule has 47 valence electrons. The first-order valence-corrected chi connectivity index (χ1v) is 3.23. The Hall–Kier alpha value is -0.200. The van der Waals surface area contributed by atoms with Gasteiger partial charge in [0.15, 0.2) is 0 Å². The van der Waals surface area contributed by atoms with Gasteiger partial charge in [-0.25, -0.2) is 0 Å². The summed E-state index contributed by atoms with van der Waals surface area (Å²) in [4.78, 5) is 0. The molecule has 0 bridgehead atoms. The minimum atomic E-state index is 0.559. The summed E-state index contributed by atoms with van der Waals surface area (Å²) >= 11 is 11.3. The van der Waals surface area contributed by atoms with Crippen LogP contribution < -0.4 is 0 Å². The molecule has 1 aromatic carbocycles. The molecule has 0 spiro atoms. The van der Waals surface area contributed by atoms with Crippen LogP contribution >= 0.6 is 23.2 Å². The molecule has 0 heterocycles. The summed E-state index contributed by atoms with van der Waals surface area (Å²) in [7, 11) is 0. The van der Waals surface area contributed by atoms with Crippen molar-refractivity contribution < 1.29 is 0 Å². The second-order valence-corrected chi connectivity index (χ2v) is 2.56. The third-order valence-electron chi connectivity index (χ3n) is 0.984. The number of halogens is 2. The molecule has 0 amide bonds. The topological polar surface area (TPSA) is 0 Å². The van der Waals surface area contributed by atoms with E-state index in [0.717, 1.165) is 5.56 Å². The van der Waals surface area contributed by atoms with Crippen LogP contribution in [-0.4, -0.2) is 0 Å². The zero-order valence-corrected chi connectivity index (χ0v) is 6.21. The van der Waals surface area contributed by atoms with E-state index in [1.54, 1.807) is 12.1 Å². The van der Waals surface area contributed by atoms with Crippen molar-refractivity contribution in [1.29, 1.82) is 0 Å². The first-order valence-electron chi connectivity index (χ1n) is 2.47. The maximum Gasteiger partial charge on any atom is 0.0595 e. The van der Waals surface area contributed by atoms with Crippen LogP contribution in [0.25, 0.3) is 0 Å². The number of hydrogen-bond acceptors (Lipinski definition) is 0. The van der Waals surface area contributed by atoms with E-state index in [1.165, 1.54) is 0 Å². The maximum atomic E-state index is 5.64. The van der Waals surface area contributed by atoms with Gasteiger partial charge < -0.3 is 0 Å². The normalized spacial score (nSPS) is 9.67. The maximum absolute atomic E-state index is 5.64. The first kappa shape index (κ1) is 6.91. The van der Waals surface area contributed by atoms with Crippen LogP contribution in [0.4, 0.5) is 0 Å². The zero-order valence-electron chi connectivity index (χ0n) is 4.70. The van der Waals surface area contributed by atoms with Crippen molar-refractivity contribution in [3.05, 3.63) is 40.7 Å². The molecule has 9 heavy (non-hydrogen) atoms. The van der Waals surface area contributed by atoms with Gasteiger partial charge in [-0.2, -0.15) is 0 Å². The van der Waals surface area contributed by atoms with E-state index in [4.69, 9.17) is 23.2 Å². The van der Waals surface area contributed by atoms with Crippen molar-refractivity contribution in [3.63, 3.8) is 0 Å². The van der Waals surface area contributed by atoms with Gasteiger partial charge in [-0.15, -0.1) is 0 Å². The van der Waals surface area contributed by atoms with Gasteiger partial charge in [0, 0.05) is 0 Å². The number of hydrogen-bond donors (Lipinski definition) is 0. The summed E-state index contributed by atoms with van der Waals surface area (Å²) < 4.78 is 0. The summed E-state index contributed by atoms with van der Waals surface area (Å²) in [5.74, 6) is 0. The molecule has 0 atom stereocenters. The van der Waals surface area contributed by atoms with Gasteiger partial charge in [-0.1, -0.05) is 29.3 Å². The van der Waals surface area contributed by atoms with E-state index in [1.807, 2.05) is 6.07 Å². The Kier molecular flexibility index (Phi) is 1.99. The number of benzene rings is 1. The van der Waals surface area contributed by atoms with E-state index >= 15 is 0 Å². The van der Waals surface area contributed by atoms with E-state index in [0.29, 0.717) is 10.0 Å². The lowest BCUT2D eigenvalue weighted by atomic mass is 10.2. The lowest BCUT2D eigenvalue weighted by Gasteiger charge is -1.94. The Balaban J connectivity index is 3.17. The molecule has 0 aliphatic heterocycles. The van der Waals surface area contributed by atoms with Gasteiger partial charge in [-0.05, 0) is 24.6 Å². The summed E-state index contributed by atoms with van der Waals surface area (Å²) in [6, 6.07) is 5.27. The Morgan fingerprint density at radius 3 is 2.22 bits per heavy atom. The molecule has 0 nitrogen and oxygen atoms in total. The lowest BCUT2D eigenvalue weighted by Crippen LogP contribution is -1.70. The predicted molar refractivity (Wildman–Crippen MR) is 40.9 cm³/mol. The Bertz CT molecular complexity index is 218. The van der Waals surface area contributed by atoms with Crippen molar-refractivity contribution in [3.8, 4) is 0 Å². The smallest absolute Gasteiger partial charge is 0.0595 e. The molecule has 0 saturated carbocycles.